The molecule has 0 N–H and O–H groups in total. The quantitative estimate of drug-likeness (QED) is 0.722. The molecule has 1 fully saturated rings. The van der Waals surface area contributed by atoms with E-state index in [9.17, 15) is 4.79 Å². The van der Waals surface area contributed by atoms with Crippen LogP contribution in [0.1, 0.15) is 30.4 Å². The molecule has 2 heterocycles. The zero-order chi connectivity index (χ0) is 17.8. The lowest BCUT2D eigenvalue weighted by atomic mass is 10.1. The molecule has 0 spiro atoms. The summed E-state index contributed by atoms with van der Waals surface area (Å²) in [5.41, 5.74) is 2.74. The zero-order valence-corrected chi connectivity index (χ0v) is 14.8. The Morgan fingerprint density at radius 3 is 2.19 bits per heavy atom. The van der Waals surface area contributed by atoms with Gasteiger partial charge in [-0.1, -0.05) is 48.5 Å². The SMILES string of the molecule is O=c1c(Cc2ccccc2)cnc(N2CCCCC2)n1-c1ccccc1. The van der Waals surface area contributed by atoms with E-state index in [1.165, 1.54) is 6.42 Å². The lowest BCUT2D eigenvalue weighted by Gasteiger charge is -2.29. The van der Waals surface area contributed by atoms with Gasteiger partial charge in [-0.3, -0.25) is 4.79 Å². The van der Waals surface area contributed by atoms with Crippen molar-refractivity contribution in [1.82, 2.24) is 9.55 Å². The lowest BCUT2D eigenvalue weighted by Crippen LogP contribution is -2.36. The van der Waals surface area contributed by atoms with Gasteiger partial charge >= 0.3 is 0 Å². The molecule has 2 aromatic carbocycles. The van der Waals surface area contributed by atoms with Gasteiger partial charge in [-0.2, -0.15) is 0 Å². The third-order valence-electron chi connectivity index (χ3n) is 4.90. The summed E-state index contributed by atoms with van der Waals surface area (Å²) in [5, 5.41) is 0. The molecule has 0 unspecified atom stereocenters. The summed E-state index contributed by atoms with van der Waals surface area (Å²) in [7, 11) is 0. The summed E-state index contributed by atoms with van der Waals surface area (Å²) in [5.74, 6) is 0.762. The number of para-hydroxylation sites is 1. The van der Waals surface area contributed by atoms with Gasteiger partial charge in [-0.05, 0) is 37.0 Å². The summed E-state index contributed by atoms with van der Waals surface area (Å²) >= 11 is 0. The highest BCUT2D eigenvalue weighted by molar-refractivity contribution is 5.44. The van der Waals surface area contributed by atoms with Gasteiger partial charge in [-0.25, -0.2) is 9.55 Å². The largest absolute Gasteiger partial charge is 0.342 e. The number of rotatable bonds is 4. The monoisotopic (exact) mass is 345 g/mol. The van der Waals surface area contributed by atoms with Crippen molar-refractivity contribution in [2.75, 3.05) is 18.0 Å². The molecule has 1 aliphatic heterocycles. The van der Waals surface area contributed by atoms with E-state index in [4.69, 9.17) is 4.98 Å². The Morgan fingerprint density at radius 2 is 1.50 bits per heavy atom. The number of anilines is 1. The molecule has 1 aliphatic rings. The second-order valence-electron chi connectivity index (χ2n) is 6.77. The number of hydrogen-bond acceptors (Lipinski definition) is 3. The van der Waals surface area contributed by atoms with E-state index in [2.05, 4.69) is 4.90 Å². The molecule has 1 saturated heterocycles. The maximum Gasteiger partial charge on any atom is 0.263 e. The predicted molar refractivity (Wildman–Crippen MR) is 105 cm³/mol. The molecule has 3 aromatic rings. The highest BCUT2D eigenvalue weighted by atomic mass is 16.1. The van der Waals surface area contributed by atoms with Gasteiger partial charge < -0.3 is 4.90 Å². The second kappa shape index (κ2) is 7.56. The maximum atomic E-state index is 13.3. The van der Waals surface area contributed by atoms with E-state index in [-0.39, 0.29) is 5.56 Å². The van der Waals surface area contributed by atoms with Crippen molar-refractivity contribution in [1.29, 1.82) is 0 Å². The third kappa shape index (κ3) is 3.40. The fraction of sp³-hybridized carbons (Fsp3) is 0.273. The molecule has 1 aromatic heterocycles. The van der Waals surface area contributed by atoms with Crippen molar-refractivity contribution < 1.29 is 0 Å². The van der Waals surface area contributed by atoms with Crippen LogP contribution in [0.2, 0.25) is 0 Å². The second-order valence-corrected chi connectivity index (χ2v) is 6.77. The molecule has 0 saturated carbocycles. The average Bonchev–Trinajstić information content (AvgIpc) is 2.71. The van der Waals surface area contributed by atoms with E-state index in [0.717, 1.165) is 48.7 Å². The number of aromatic nitrogens is 2. The smallest absolute Gasteiger partial charge is 0.263 e. The molecule has 0 amide bonds. The first-order valence-electron chi connectivity index (χ1n) is 9.28. The van der Waals surface area contributed by atoms with Crippen LogP contribution >= 0.6 is 0 Å². The molecule has 0 atom stereocenters. The summed E-state index contributed by atoms with van der Waals surface area (Å²) in [6, 6.07) is 19.9. The number of nitrogens with zero attached hydrogens (tertiary/aromatic N) is 3. The molecule has 0 radical (unpaired) electrons. The Kier molecular flexibility index (Phi) is 4.82. The fourth-order valence-electron chi connectivity index (χ4n) is 3.55. The van der Waals surface area contributed by atoms with Crippen LogP contribution in [-0.4, -0.2) is 22.6 Å². The van der Waals surface area contributed by atoms with Crippen molar-refractivity contribution in [2.24, 2.45) is 0 Å². The van der Waals surface area contributed by atoms with Gasteiger partial charge in [0.05, 0.1) is 5.69 Å². The Labute approximate surface area is 153 Å². The van der Waals surface area contributed by atoms with Crippen molar-refractivity contribution in [3.63, 3.8) is 0 Å². The van der Waals surface area contributed by atoms with Crippen molar-refractivity contribution >= 4 is 5.95 Å². The van der Waals surface area contributed by atoms with Crippen LogP contribution < -0.4 is 10.5 Å². The summed E-state index contributed by atoms with van der Waals surface area (Å²) in [6.45, 7) is 1.91. The Bertz CT molecular complexity index is 913. The number of benzene rings is 2. The van der Waals surface area contributed by atoms with Crippen LogP contribution in [0, 0.1) is 0 Å². The first kappa shape index (κ1) is 16.6. The molecule has 4 rings (SSSR count). The minimum atomic E-state index is 0.0237. The standard InChI is InChI=1S/C22H23N3O/c26-21-19(16-18-10-4-1-5-11-18)17-23-22(24-14-8-3-9-15-24)25(21)20-12-6-2-7-13-20/h1-2,4-7,10-13,17H,3,8-9,14-16H2. The first-order valence-corrected chi connectivity index (χ1v) is 9.28. The predicted octanol–water partition coefficient (Wildman–Crippen LogP) is 3.81. The van der Waals surface area contributed by atoms with E-state index in [0.29, 0.717) is 6.42 Å². The van der Waals surface area contributed by atoms with E-state index in [1.54, 1.807) is 10.8 Å². The van der Waals surface area contributed by atoms with E-state index in [1.807, 2.05) is 60.7 Å². The maximum absolute atomic E-state index is 13.3. The van der Waals surface area contributed by atoms with Gasteiger partial charge in [0.15, 0.2) is 0 Å². The van der Waals surface area contributed by atoms with Crippen LogP contribution in [-0.2, 0) is 6.42 Å². The molecular formula is C22H23N3O. The Morgan fingerprint density at radius 1 is 0.846 bits per heavy atom. The Balaban J connectivity index is 1.80. The molecule has 26 heavy (non-hydrogen) atoms. The Hall–Kier alpha value is -2.88. The molecular weight excluding hydrogens is 322 g/mol. The first-order chi connectivity index (χ1) is 12.8. The van der Waals surface area contributed by atoms with Crippen LogP contribution in [0.15, 0.2) is 71.7 Å². The van der Waals surface area contributed by atoms with Gasteiger partial charge in [0.25, 0.3) is 5.56 Å². The fourth-order valence-corrected chi connectivity index (χ4v) is 3.55. The normalized spacial score (nSPS) is 14.4. The van der Waals surface area contributed by atoms with Crippen LogP contribution in [0.3, 0.4) is 0 Å². The minimum Gasteiger partial charge on any atom is -0.342 e. The summed E-state index contributed by atoms with van der Waals surface area (Å²) in [6.07, 6.45) is 5.91. The topological polar surface area (TPSA) is 38.1 Å². The highest BCUT2D eigenvalue weighted by Gasteiger charge is 2.19. The van der Waals surface area contributed by atoms with Gasteiger partial charge in [-0.15, -0.1) is 0 Å². The zero-order valence-electron chi connectivity index (χ0n) is 14.8. The molecule has 4 heteroatoms. The molecule has 0 bridgehead atoms. The average molecular weight is 345 g/mol. The van der Waals surface area contributed by atoms with Crippen LogP contribution in [0.4, 0.5) is 5.95 Å². The van der Waals surface area contributed by atoms with E-state index < -0.39 is 0 Å². The van der Waals surface area contributed by atoms with Crippen molar-refractivity contribution in [3.8, 4) is 5.69 Å². The van der Waals surface area contributed by atoms with Gasteiger partial charge in [0.2, 0.25) is 5.95 Å². The van der Waals surface area contributed by atoms with Gasteiger partial charge in [0.1, 0.15) is 0 Å². The summed E-state index contributed by atoms with van der Waals surface area (Å²) in [4.78, 5) is 20.3. The van der Waals surface area contributed by atoms with Crippen LogP contribution in [0.25, 0.3) is 5.69 Å². The van der Waals surface area contributed by atoms with Gasteiger partial charge in [0, 0.05) is 31.3 Å². The minimum absolute atomic E-state index is 0.0237. The number of hydrogen-bond donors (Lipinski definition) is 0. The molecule has 4 nitrogen and oxygen atoms in total. The lowest BCUT2D eigenvalue weighted by molar-refractivity contribution is 0.561. The highest BCUT2D eigenvalue weighted by Crippen LogP contribution is 2.20. The number of piperidine rings is 1. The van der Waals surface area contributed by atoms with Crippen LogP contribution in [0.5, 0.6) is 0 Å². The third-order valence-corrected chi connectivity index (χ3v) is 4.90. The van der Waals surface area contributed by atoms with Crippen molar-refractivity contribution in [2.45, 2.75) is 25.7 Å². The van der Waals surface area contributed by atoms with E-state index >= 15 is 0 Å². The molecule has 0 aliphatic carbocycles. The van der Waals surface area contributed by atoms with Crippen molar-refractivity contribution in [3.05, 3.63) is 88.3 Å². The summed E-state index contributed by atoms with van der Waals surface area (Å²) < 4.78 is 1.78. The molecule has 132 valence electrons.